The predicted octanol–water partition coefficient (Wildman–Crippen LogP) is 4.56. The molecule has 1 atom stereocenters. The molecule has 0 saturated heterocycles. The number of alkyl carbamates (subject to hydrolysis) is 1. The first kappa shape index (κ1) is 24.7. The molecule has 184 valence electrons. The van der Waals surface area contributed by atoms with Crippen LogP contribution < -0.4 is 10.1 Å². The molecule has 1 amide bonds. The molecule has 4 rings (SSSR count). The van der Waals surface area contributed by atoms with E-state index in [1.807, 2.05) is 54.6 Å². The maximum atomic E-state index is 12.1. The number of amides is 1. The van der Waals surface area contributed by atoms with E-state index < -0.39 is 18.1 Å². The zero-order chi connectivity index (χ0) is 25.2. The normalized spacial score (nSPS) is 11.6. The van der Waals surface area contributed by atoms with Gasteiger partial charge in [0, 0.05) is 23.7 Å². The summed E-state index contributed by atoms with van der Waals surface area (Å²) in [6.07, 6.45) is 2.65. The molecule has 2 N–H and O–H groups in total. The fourth-order valence-electron chi connectivity index (χ4n) is 3.64. The lowest BCUT2D eigenvalue weighted by molar-refractivity contribution is -0.139. The summed E-state index contributed by atoms with van der Waals surface area (Å²) in [5.41, 5.74) is 3.28. The highest BCUT2D eigenvalue weighted by Gasteiger charge is 2.21. The molecule has 8 heteroatoms. The highest BCUT2D eigenvalue weighted by Crippen LogP contribution is 2.15. The van der Waals surface area contributed by atoms with Crippen molar-refractivity contribution >= 4 is 23.1 Å². The van der Waals surface area contributed by atoms with Gasteiger partial charge in [0.25, 0.3) is 0 Å². The lowest BCUT2D eigenvalue weighted by Gasteiger charge is -2.15. The number of aliphatic carboxylic acids is 1. The molecule has 0 fully saturated rings. The third kappa shape index (κ3) is 7.27. The van der Waals surface area contributed by atoms with Crippen LogP contribution in [-0.4, -0.2) is 39.8 Å². The number of aromatic nitrogens is 2. The van der Waals surface area contributed by atoms with Gasteiger partial charge in [-0.15, -0.1) is 0 Å². The van der Waals surface area contributed by atoms with Gasteiger partial charge in [0.05, 0.1) is 6.61 Å². The predicted molar refractivity (Wildman–Crippen MR) is 135 cm³/mol. The number of carboxylic acid groups (broad SMARTS) is 1. The highest BCUT2D eigenvalue weighted by atomic mass is 16.5. The summed E-state index contributed by atoms with van der Waals surface area (Å²) in [5.74, 6) is -0.446. The molecule has 4 aromatic rings. The van der Waals surface area contributed by atoms with E-state index in [9.17, 15) is 14.7 Å². The molecule has 2 aromatic heterocycles. The summed E-state index contributed by atoms with van der Waals surface area (Å²) in [4.78, 5) is 32.6. The van der Waals surface area contributed by atoms with Crippen LogP contribution >= 0.6 is 0 Å². The van der Waals surface area contributed by atoms with Crippen molar-refractivity contribution in [1.29, 1.82) is 0 Å². The Hall–Kier alpha value is -4.46. The van der Waals surface area contributed by atoms with Crippen molar-refractivity contribution < 1.29 is 24.2 Å². The molecule has 0 spiro atoms. The van der Waals surface area contributed by atoms with Crippen molar-refractivity contribution in [1.82, 2.24) is 15.3 Å². The van der Waals surface area contributed by atoms with Gasteiger partial charge in [0.15, 0.2) is 5.65 Å². The molecule has 0 saturated carbocycles. The summed E-state index contributed by atoms with van der Waals surface area (Å²) in [6, 6.07) is 23.1. The number of rotatable bonds is 11. The van der Waals surface area contributed by atoms with E-state index in [0.29, 0.717) is 12.4 Å². The average Bonchev–Trinajstić information content (AvgIpc) is 2.91. The molecule has 0 aliphatic heterocycles. The quantitative estimate of drug-likeness (QED) is 0.300. The number of carboxylic acids is 1. The number of nitrogens with one attached hydrogen (secondary N) is 1. The molecular weight excluding hydrogens is 458 g/mol. The minimum Gasteiger partial charge on any atom is -0.494 e. The monoisotopic (exact) mass is 485 g/mol. The molecule has 0 radical (unpaired) electrons. The van der Waals surface area contributed by atoms with Crippen LogP contribution in [0.5, 0.6) is 5.75 Å². The largest absolute Gasteiger partial charge is 0.494 e. The van der Waals surface area contributed by atoms with E-state index in [-0.39, 0.29) is 13.0 Å². The Bertz CT molecular complexity index is 1300. The molecule has 0 unspecified atom stereocenters. The molecule has 0 aliphatic rings. The van der Waals surface area contributed by atoms with Gasteiger partial charge in [0.1, 0.15) is 18.4 Å². The standard InChI is InChI=1S/C28H27N3O5/c32-27(33)25(31-28(34)36-19-21-6-2-1-3-7-21)18-20-10-14-24(15-11-20)35-17-5-9-23-13-12-22-8-4-16-29-26(22)30-23/h1-4,6-8,10-16,25H,5,9,17-19H2,(H,31,34)(H,32,33)/t25-/m0/s1. The van der Waals surface area contributed by atoms with Crippen LogP contribution in [0.3, 0.4) is 0 Å². The zero-order valence-corrected chi connectivity index (χ0v) is 19.7. The first-order chi connectivity index (χ1) is 17.6. The van der Waals surface area contributed by atoms with Gasteiger partial charge >= 0.3 is 12.1 Å². The Kier molecular flexibility index (Phi) is 8.43. The number of hydrogen-bond acceptors (Lipinski definition) is 6. The van der Waals surface area contributed by atoms with Gasteiger partial charge in [0.2, 0.25) is 0 Å². The van der Waals surface area contributed by atoms with E-state index in [1.165, 1.54) is 0 Å². The third-order valence-electron chi connectivity index (χ3n) is 5.53. The summed E-state index contributed by atoms with van der Waals surface area (Å²) in [6.45, 7) is 0.590. The first-order valence-electron chi connectivity index (χ1n) is 11.7. The second-order valence-corrected chi connectivity index (χ2v) is 8.25. The smallest absolute Gasteiger partial charge is 0.408 e. The van der Waals surface area contributed by atoms with Crippen molar-refractivity contribution in [3.63, 3.8) is 0 Å². The van der Waals surface area contributed by atoms with Crippen LogP contribution in [0.15, 0.2) is 85.1 Å². The van der Waals surface area contributed by atoms with Gasteiger partial charge in [-0.2, -0.15) is 0 Å². The topological polar surface area (TPSA) is 111 Å². The number of nitrogens with zero attached hydrogens (tertiary/aromatic N) is 2. The zero-order valence-electron chi connectivity index (χ0n) is 19.7. The van der Waals surface area contributed by atoms with Crippen LogP contribution in [-0.2, 0) is 29.0 Å². The summed E-state index contributed by atoms with van der Waals surface area (Å²) in [5, 5.41) is 12.9. The number of aryl methyl sites for hydroxylation is 1. The number of benzene rings is 2. The number of carbonyl (C=O) groups is 2. The maximum absolute atomic E-state index is 12.1. The van der Waals surface area contributed by atoms with Crippen molar-refractivity contribution in [3.8, 4) is 5.75 Å². The van der Waals surface area contributed by atoms with Gasteiger partial charge in [-0.1, -0.05) is 42.5 Å². The maximum Gasteiger partial charge on any atom is 0.408 e. The van der Waals surface area contributed by atoms with Crippen LogP contribution in [0.4, 0.5) is 4.79 Å². The Balaban J connectivity index is 1.21. The summed E-state index contributed by atoms with van der Waals surface area (Å²) >= 11 is 0. The van der Waals surface area contributed by atoms with Crippen LogP contribution in [0.25, 0.3) is 11.0 Å². The molecular formula is C28H27N3O5. The Labute approximate surface area is 208 Å². The van der Waals surface area contributed by atoms with Crippen molar-refractivity contribution in [2.24, 2.45) is 0 Å². The Morgan fingerprint density at radius 2 is 1.72 bits per heavy atom. The van der Waals surface area contributed by atoms with E-state index in [2.05, 4.69) is 15.3 Å². The number of fused-ring (bicyclic) bond motifs is 1. The Morgan fingerprint density at radius 3 is 2.50 bits per heavy atom. The number of pyridine rings is 2. The molecule has 8 nitrogen and oxygen atoms in total. The van der Waals surface area contributed by atoms with E-state index >= 15 is 0 Å². The average molecular weight is 486 g/mol. The SMILES string of the molecule is O=C(N[C@@H](Cc1ccc(OCCCc2ccc3cccnc3n2)cc1)C(=O)O)OCc1ccccc1. The lowest BCUT2D eigenvalue weighted by atomic mass is 10.1. The van der Waals surface area contributed by atoms with Crippen molar-refractivity contribution in [3.05, 3.63) is 102 Å². The third-order valence-corrected chi connectivity index (χ3v) is 5.53. The minimum absolute atomic E-state index is 0.0683. The highest BCUT2D eigenvalue weighted by molar-refractivity contribution is 5.80. The second-order valence-electron chi connectivity index (χ2n) is 8.25. The first-order valence-corrected chi connectivity index (χ1v) is 11.7. The molecule has 2 aromatic carbocycles. The number of ether oxygens (including phenoxy) is 2. The fraction of sp³-hybridized carbons (Fsp3) is 0.214. The lowest BCUT2D eigenvalue weighted by Crippen LogP contribution is -2.42. The Morgan fingerprint density at radius 1 is 0.917 bits per heavy atom. The van der Waals surface area contributed by atoms with Gasteiger partial charge in [-0.3, -0.25) is 0 Å². The van der Waals surface area contributed by atoms with Crippen LogP contribution in [0.1, 0.15) is 23.2 Å². The number of hydrogen-bond donors (Lipinski definition) is 2. The minimum atomic E-state index is -1.13. The van der Waals surface area contributed by atoms with Crippen LogP contribution in [0.2, 0.25) is 0 Å². The van der Waals surface area contributed by atoms with Crippen molar-refractivity contribution in [2.45, 2.75) is 31.9 Å². The van der Waals surface area contributed by atoms with E-state index in [1.54, 1.807) is 30.5 Å². The van der Waals surface area contributed by atoms with E-state index in [0.717, 1.165) is 40.7 Å². The van der Waals surface area contributed by atoms with E-state index in [4.69, 9.17) is 9.47 Å². The summed E-state index contributed by atoms with van der Waals surface area (Å²) in [7, 11) is 0. The molecule has 0 bridgehead atoms. The van der Waals surface area contributed by atoms with Gasteiger partial charge in [-0.25, -0.2) is 19.6 Å². The van der Waals surface area contributed by atoms with Crippen molar-refractivity contribution in [2.75, 3.05) is 6.61 Å². The molecule has 36 heavy (non-hydrogen) atoms. The molecule has 2 heterocycles. The molecule has 0 aliphatic carbocycles. The second kappa shape index (κ2) is 12.3. The van der Waals surface area contributed by atoms with Gasteiger partial charge < -0.3 is 19.9 Å². The fourth-order valence-corrected chi connectivity index (χ4v) is 3.64. The summed E-state index contributed by atoms with van der Waals surface area (Å²) < 4.78 is 10.9. The van der Waals surface area contributed by atoms with Gasteiger partial charge in [-0.05, 0) is 60.4 Å². The van der Waals surface area contributed by atoms with Crippen LogP contribution in [0, 0.1) is 0 Å². The number of carbonyl (C=O) groups excluding carboxylic acids is 1.